The molecule has 1 aromatic heterocycles. The minimum atomic E-state index is 0.0104. The summed E-state index contributed by atoms with van der Waals surface area (Å²) < 4.78 is 6.60. The highest BCUT2D eigenvalue weighted by atomic mass is 16.3. The lowest BCUT2D eigenvalue weighted by Crippen LogP contribution is -2.37. The summed E-state index contributed by atoms with van der Waals surface area (Å²) >= 11 is 0. The van der Waals surface area contributed by atoms with Gasteiger partial charge >= 0.3 is 0 Å². The molecule has 0 fully saturated rings. The Morgan fingerprint density at radius 2 is 1.33 bits per heavy atom. The summed E-state index contributed by atoms with van der Waals surface area (Å²) in [5.74, 6) is 0.990. The lowest BCUT2D eigenvalue weighted by molar-refractivity contribution is 0.268. The molecule has 7 aromatic rings. The van der Waals surface area contributed by atoms with Crippen LogP contribution in [0.1, 0.15) is 63.5 Å². The number of anilines is 5. The molecule has 0 bridgehead atoms. The van der Waals surface area contributed by atoms with E-state index in [0.717, 1.165) is 46.2 Å². The highest BCUT2D eigenvalue weighted by molar-refractivity contribution is 6.06. The van der Waals surface area contributed by atoms with E-state index in [0.29, 0.717) is 5.92 Å². The second kappa shape index (κ2) is 16.3. The Morgan fingerprint density at radius 3 is 2.13 bits per heavy atom. The van der Waals surface area contributed by atoms with Crippen LogP contribution in [0.5, 0.6) is 0 Å². The maximum atomic E-state index is 6.60. The molecule has 0 saturated heterocycles. The molecule has 2 heterocycles. The van der Waals surface area contributed by atoms with Crippen LogP contribution in [0.15, 0.2) is 251 Å². The van der Waals surface area contributed by atoms with Crippen molar-refractivity contribution in [3.63, 3.8) is 0 Å². The van der Waals surface area contributed by atoms with Crippen molar-refractivity contribution in [3.05, 3.63) is 257 Å². The molecule has 13 rings (SSSR count). The second-order valence-corrected chi connectivity index (χ2v) is 20.4. The van der Waals surface area contributed by atoms with Gasteiger partial charge in [-0.2, -0.15) is 0 Å². The van der Waals surface area contributed by atoms with Crippen molar-refractivity contribution in [1.82, 2.24) is 0 Å². The summed E-state index contributed by atoms with van der Waals surface area (Å²) in [6.07, 6.45) is 26.3. The average molecular weight is 896 g/mol. The highest BCUT2D eigenvalue weighted by Gasteiger charge is 2.49. The van der Waals surface area contributed by atoms with Gasteiger partial charge in [-0.05, 0) is 119 Å². The fourth-order valence-corrected chi connectivity index (χ4v) is 13.2. The van der Waals surface area contributed by atoms with E-state index >= 15 is 0 Å². The van der Waals surface area contributed by atoms with Crippen molar-refractivity contribution in [2.75, 3.05) is 14.7 Å². The first-order valence-electron chi connectivity index (χ1n) is 25.0. The van der Waals surface area contributed by atoms with Crippen LogP contribution >= 0.6 is 0 Å². The lowest BCUT2D eigenvalue weighted by Gasteiger charge is -2.44. The van der Waals surface area contributed by atoms with Crippen LogP contribution in [0.4, 0.5) is 28.4 Å². The molecule has 5 aliphatic carbocycles. The first-order valence-corrected chi connectivity index (χ1v) is 25.0. The predicted octanol–water partition coefficient (Wildman–Crippen LogP) is 16.9. The van der Waals surface area contributed by atoms with Crippen molar-refractivity contribution < 1.29 is 4.42 Å². The average Bonchev–Trinajstić information content (AvgIpc) is 4.01. The van der Waals surface area contributed by atoms with Gasteiger partial charge in [0, 0.05) is 92.0 Å². The Labute approximate surface area is 406 Å². The lowest BCUT2D eigenvalue weighted by atomic mass is 9.67. The molecule has 1 aliphatic heterocycles. The molecular formula is C65H57N3O. The van der Waals surface area contributed by atoms with Gasteiger partial charge in [0.25, 0.3) is 0 Å². The summed E-state index contributed by atoms with van der Waals surface area (Å²) in [5.41, 5.74) is 18.7. The third-order valence-corrected chi connectivity index (χ3v) is 16.3. The number of allylic oxidation sites excluding steroid dienone is 13. The van der Waals surface area contributed by atoms with E-state index in [9.17, 15) is 0 Å². The van der Waals surface area contributed by atoms with Gasteiger partial charge in [0.2, 0.25) is 0 Å². The van der Waals surface area contributed by atoms with E-state index in [1.165, 1.54) is 56.4 Å². The highest BCUT2D eigenvalue weighted by Crippen LogP contribution is 2.59. The van der Waals surface area contributed by atoms with E-state index < -0.39 is 0 Å². The Morgan fingerprint density at radius 1 is 0.623 bits per heavy atom. The van der Waals surface area contributed by atoms with Crippen molar-refractivity contribution >= 4 is 50.4 Å². The molecule has 6 aliphatic rings. The topological polar surface area (TPSA) is 22.9 Å². The first-order chi connectivity index (χ1) is 33.8. The summed E-state index contributed by atoms with van der Waals surface area (Å²) in [5, 5.41) is 2.26. The molecule has 0 radical (unpaired) electrons. The fraction of sp³-hybridized carbons (Fsp3) is 0.200. The Balaban J connectivity index is 1.01. The van der Waals surface area contributed by atoms with Gasteiger partial charge in [0.1, 0.15) is 11.2 Å². The molecule has 0 spiro atoms. The van der Waals surface area contributed by atoms with Gasteiger partial charge in [-0.3, -0.25) is 0 Å². The van der Waals surface area contributed by atoms with E-state index in [-0.39, 0.29) is 35.1 Å². The van der Waals surface area contributed by atoms with E-state index in [4.69, 9.17) is 4.42 Å². The number of hydrogen-bond donors (Lipinski definition) is 0. The van der Waals surface area contributed by atoms with Crippen LogP contribution in [0, 0.1) is 23.2 Å². The Bertz CT molecular complexity index is 3430. The zero-order chi connectivity index (χ0) is 46.4. The van der Waals surface area contributed by atoms with Crippen molar-refractivity contribution in [2.45, 2.75) is 58.4 Å². The van der Waals surface area contributed by atoms with Crippen molar-refractivity contribution in [1.29, 1.82) is 0 Å². The Hall–Kier alpha value is -7.56. The van der Waals surface area contributed by atoms with Gasteiger partial charge in [-0.1, -0.05) is 161 Å². The molecular weight excluding hydrogens is 839 g/mol. The van der Waals surface area contributed by atoms with Gasteiger partial charge in [0.15, 0.2) is 0 Å². The van der Waals surface area contributed by atoms with E-state index in [1.54, 1.807) is 5.57 Å². The van der Waals surface area contributed by atoms with Crippen LogP contribution in [0.25, 0.3) is 21.9 Å². The van der Waals surface area contributed by atoms with Gasteiger partial charge < -0.3 is 19.1 Å². The summed E-state index contributed by atoms with van der Waals surface area (Å²) in [6.45, 7) is 9.88. The summed E-state index contributed by atoms with van der Waals surface area (Å²) in [6, 6.07) is 55.7. The number of rotatable bonds is 8. The van der Waals surface area contributed by atoms with Gasteiger partial charge in [-0.15, -0.1) is 0 Å². The molecule has 6 aromatic carbocycles. The number of para-hydroxylation sites is 4. The quantitative estimate of drug-likeness (QED) is 0.152. The standard InChI is InChI=1S/C65H57N3O/c1-42-55(44-32-36-60-56(38-44)51-27-15-18-30-59(51)68(60)47-24-12-7-13-25-47)39-49(40-61(42)66(45-20-8-5-9-21-45)48-33-34-53-52-28-16-19-31-62(52)69-63(53)41-48)67(46-22-10-6-11-23-46)58-37-35-54-50-26-14-17-29-57(50)65(3,4)64(54)43(58)2/h5-13,15-25,27-43,51,55,59,64H,14,26H2,1-4H3/t42-,43?,51?,55?,59?,64?/m1/s1. The Kier molecular flexibility index (Phi) is 9.83. The van der Waals surface area contributed by atoms with Crippen LogP contribution in [-0.2, 0) is 0 Å². The normalized spacial score (nSPS) is 24.0. The van der Waals surface area contributed by atoms with E-state index in [1.807, 2.05) is 0 Å². The molecule has 0 amide bonds. The number of hydrogen-bond acceptors (Lipinski definition) is 4. The van der Waals surface area contributed by atoms with Crippen LogP contribution in [0.3, 0.4) is 0 Å². The minimum Gasteiger partial charge on any atom is -0.456 e. The number of benzene rings is 6. The van der Waals surface area contributed by atoms with Gasteiger partial charge in [-0.25, -0.2) is 0 Å². The third-order valence-electron chi connectivity index (χ3n) is 16.3. The number of furan rings is 1. The maximum Gasteiger partial charge on any atom is 0.137 e. The molecule has 0 saturated carbocycles. The minimum absolute atomic E-state index is 0.0104. The second-order valence-electron chi connectivity index (χ2n) is 20.4. The largest absolute Gasteiger partial charge is 0.456 e. The van der Waals surface area contributed by atoms with Crippen LogP contribution in [-0.4, -0.2) is 6.04 Å². The first kappa shape index (κ1) is 41.6. The molecule has 338 valence electrons. The predicted molar refractivity (Wildman–Crippen MR) is 287 cm³/mol. The SMILES string of the molecule is CC1C(N(C2=CC(c3ccc4c(c3)C3C=CC=CC3N4c3ccccc3)[C@@H](C)C(N(c3ccccc3)c3ccc4c(c3)oc3ccccc34)=C2)c2ccccc2)=CC=C2C3=C(C=CCC3)C(C)(C)C21. The molecule has 0 N–H and O–H groups in total. The molecule has 6 atom stereocenters. The maximum absolute atomic E-state index is 6.60. The smallest absolute Gasteiger partial charge is 0.137 e. The third kappa shape index (κ3) is 6.63. The molecule has 5 unspecified atom stereocenters. The zero-order valence-electron chi connectivity index (χ0n) is 39.8. The molecule has 4 heteroatoms. The molecule has 4 nitrogen and oxygen atoms in total. The van der Waals surface area contributed by atoms with E-state index in [2.05, 4.69) is 255 Å². The van der Waals surface area contributed by atoms with Gasteiger partial charge in [0.05, 0.1) is 6.04 Å². The fourth-order valence-electron chi connectivity index (χ4n) is 13.2. The summed E-state index contributed by atoms with van der Waals surface area (Å²) in [7, 11) is 0. The summed E-state index contributed by atoms with van der Waals surface area (Å²) in [4.78, 5) is 7.63. The number of fused-ring (bicyclic) bond motifs is 8. The van der Waals surface area contributed by atoms with Crippen LogP contribution < -0.4 is 14.7 Å². The zero-order valence-corrected chi connectivity index (χ0v) is 39.8. The van der Waals surface area contributed by atoms with Crippen molar-refractivity contribution in [3.8, 4) is 0 Å². The van der Waals surface area contributed by atoms with Crippen LogP contribution in [0.2, 0.25) is 0 Å². The monoisotopic (exact) mass is 895 g/mol. The van der Waals surface area contributed by atoms with Crippen molar-refractivity contribution in [2.24, 2.45) is 23.2 Å². The molecule has 69 heavy (non-hydrogen) atoms. The number of nitrogens with zero attached hydrogens (tertiary/aromatic N) is 3.